The van der Waals surface area contributed by atoms with Gasteiger partial charge in [-0.2, -0.15) is 0 Å². The van der Waals surface area contributed by atoms with E-state index in [0.29, 0.717) is 12.0 Å². The van der Waals surface area contributed by atoms with Crippen LogP contribution in [-0.4, -0.2) is 11.7 Å². The molecule has 0 aliphatic carbocycles. The molecule has 0 heterocycles. The first kappa shape index (κ1) is 13.6. The van der Waals surface area contributed by atoms with E-state index in [1.54, 1.807) is 18.2 Å². The van der Waals surface area contributed by atoms with Gasteiger partial charge in [0, 0.05) is 11.6 Å². The van der Waals surface area contributed by atoms with Crippen molar-refractivity contribution in [3.05, 3.63) is 65.5 Å². The van der Waals surface area contributed by atoms with Gasteiger partial charge in [-0.3, -0.25) is 0 Å². The van der Waals surface area contributed by atoms with Crippen molar-refractivity contribution in [3.63, 3.8) is 0 Å². The number of hydrogen-bond donors (Lipinski definition) is 2. The monoisotopic (exact) mass is 259 g/mol. The second kappa shape index (κ2) is 6.34. The lowest BCUT2D eigenvalue weighted by Crippen LogP contribution is -2.23. The first-order chi connectivity index (χ1) is 9.20. The molecule has 3 heteroatoms. The van der Waals surface area contributed by atoms with Crippen molar-refractivity contribution in [1.29, 1.82) is 0 Å². The van der Waals surface area contributed by atoms with Gasteiger partial charge in [0.1, 0.15) is 11.6 Å². The van der Waals surface area contributed by atoms with Gasteiger partial charge in [-0.05, 0) is 36.7 Å². The molecule has 0 bridgehead atoms. The molecule has 0 aliphatic rings. The zero-order valence-corrected chi connectivity index (χ0v) is 10.9. The zero-order valence-electron chi connectivity index (χ0n) is 10.9. The predicted molar refractivity (Wildman–Crippen MR) is 74.6 cm³/mol. The van der Waals surface area contributed by atoms with Crippen molar-refractivity contribution < 1.29 is 9.50 Å². The van der Waals surface area contributed by atoms with Crippen LogP contribution in [0.5, 0.6) is 5.75 Å². The molecule has 100 valence electrons. The van der Waals surface area contributed by atoms with Crippen molar-refractivity contribution in [3.8, 4) is 5.75 Å². The summed E-state index contributed by atoms with van der Waals surface area (Å²) in [6.07, 6.45) is 0.690. The number of aromatic hydroxyl groups is 1. The maximum Gasteiger partial charge on any atom is 0.127 e. The largest absolute Gasteiger partial charge is 0.508 e. The van der Waals surface area contributed by atoms with E-state index in [0.717, 1.165) is 12.1 Å². The number of benzene rings is 2. The van der Waals surface area contributed by atoms with Gasteiger partial charge < -0.3 is 10.4 Å². The molecule has 0 saturated carbocycles. The molecule has 0 amide bonds. The molecular weight excluding hydrogens is 241 g/mol. The smallest absolute Gasteiger partial charge is 0.127 e. The number of hydrogen-bond acceptors (Lipinski definition) is 2. The van der Waals surface area contributed by atoms with Gasteiger partial charge in [-0.1, -0.05) is 37.3 Å². The highest BCUT2D eigenvalue weighted by Crippen LogP contribution is 2.22. The Morgan fingerprint density at radius 1 is 1.11 bits per heavy atom. The highest BCUT2D eigenvalue weighted by atomic mass is 19.1. The Morgan fingerprint density at radius 2 is 1.79 bits per heavy atom. The van der Waals surface area contributed by atoms with E-state index in [2.05, 4.69) is 5.32 Å². The Balaban J connectivity index is 2.21. The number of halogens is 1. The van der Waals surface area contributed by atoms with Crippen LogP contribution in [-0.2, 0) is 6.42 Å². The number of rotatable bonds is 5. The molecule has 0 aliphatic heterocycles. The quantitative estimate of drug-likeness (QED) is 0.862. The minimum Gasteiger partial charge on any atom is -0.508 e. The first-order valence-corrected chi connectivity index (χ1v) is 6.46. The second-order valence-corrected chi connectivity index (χ2v) is 4.50. The number of likely N-dealkylation sites (N-methyl/N-ethyl adjacent to an activating group) is 1. The van der Waals surface area contributed by atoms with E-state index in [1.165, 1.54) is 6.07 Å². The maximum atomic E-state index is 13.8. The van der Waals surface area contributed by atoms with Gasteiger partial charge in [-0.15, -0.1) is 0 Å². The highest BCUT2D eigenvalue weighted by Gasteiger charge is 2.14. The van der Waals surface area contributed by atoms with Crippen LogP contribution in [0.3, 0.4) is 0 Å². The lowest BCUT2D eigenvalue weighted by Gasteiger charge is -2.19. The summed E-state index contributed by atoms with van der Waals surface area (Å²) in [5, 5.41) is 12.6. The van der Waals surface area contributed by atoms with E-state index < -0.39 is 0 Å². The summed E-state index contributed by atoms with van der Waals surface area (Å²) in [6.45, 7) is 2.78. The average molecular weight is 259 g/mol. The van der Waals surface area contributed by atoms with Gasteiger partial charge in [0.25, 0.3) is 0 Å². The molecule has 2 rings (SSSR count). The van der Waals surface area contributed by atoms with Crippen molar-refractivity contribution in [1.82, 2.24) is 5.32 Å². The van der Waals surface area contributed by atoms with Gasteiger partial charge in [0.15, 0.2) is 0 Å². The van der Waals surface area contributed by atoms with Crippen molar-refractivity contribution in [2.45, 2.75) is 19.4 Å². The summed E-state index contributed by atoms with van der Waals surface area (Å²) in [5.74, 6) is 0.0573. The van der Waals surface area contributed by atoms with Crippen molar-refractivity contribution in [2.24, 2.45) is 0 Å². The average Bonchev–Trinajstić information content (AvgIpc) is 2.41. The third kappa shape index (κ3) is 3.55. The summed E-state index contributed by atoms with van der Waals surface area (Å²) >= 11 is 0. The molecule has 1 unspecified atom stereocenters. The third-order valence-electron chi connectivity index (χ3n) is 3.11. The van der Waals surface area contributed by atoms with Gasteiger partial charge in [0.2, 0.25) is 0 Å². The number of nitrogens with one attached hydrogen (secondary N) is 1. The van der Waals surface area contributed by atoms with Gasteiger partial charge in [0.05, 0.1) is 0 Å². The topological polar surface area (TPSA) is 32.3 Å². The Morgan fingerprint density at radius 3 is 2.42 bits per heavy atom. The first-order valence-electron chi connectivity index (χ1n) is 6.46. The fraction of sp³-hybridized carbons (Fsp3) is 0.250. The minimum atomic E-state index is -0.188. The highest BCUT2D eigenvalue weighted by molar-refractivity contribution is 5.29. The zero-order chi connectivity index (χ0) is 13.7. The van der Waals surface area contributed by atoms with Gasteiger partial charge >= 0.3 is 0 Å². The summed E-state index contributed by atoms with van der Waals surface area (Å²) in [5.41, 5.74) is 1.74. The van der Waals surface area contributed by atoms with E-state index >= 15 is 0 Å². The van der Waals surface area contributed by atoms with Crippen LogP contribution < -0.4 is 5.32 Å². The minimum absolute atomic E-state index is 0.0595. The molecule has 0 fully saturated rings. The normalized spacial score (nSPS) is 12.3. The van der Waals surface area contributed by atoms with Crippen LogP contribution in [0.2, 0.25) is 0 Å². The Labute approximate surface area is 112 Å². The van der Waals surface area contributed by atoms with Crippen LogP contribution in [0.15, 0.2) is 48.5 Å². The lowest BCUT2D eigenvalue weighted by atomic mass is 9.98. The fourth-order valence-electron chi connectivity index (χ4n) is 2.16. The molecule has 0 spiro atoms. The summed E-state index contributed by atoms with van der Waals surface area (Å²) in [7, 11) is 0. The molecule has 2 nitrogen and oxygen atoms in total. The van der Waals surface area contributed by atoms with Crippen molar-refractivity contribution >= 4 is 0 Å². The molecule has 0 saturated heterocycles. The van der Waals surface area contributed by atoms with E-state index in [9.17, 15) is 9.50 Å². The Bertz CT molecular complexity index is 525. The maximum absolute atomic E-state index is 13.8. The molecule has 2 aromatic carbocycles. The molecule has 0 aromatic heterocycles. The molecule has 19 heavy (non-hydrogen) atoms. The van der Waals surface area contributed by atoms with Crippen LogP contribution in [0.1, 0.15) is 24.1 Å². The van der Waals surface area contributed by atoms with Crippen molar-refractivity contribution in [2.75, 3.05) is 6.54 Å². The number of phenols is 1. The van der Waals surface area contributed by atoms with Crippen LogP contribution in [0.4, 0.5) is 4.39 Å². The summed E-state index contributed by atoms with van der Waals surface area (Å²) in [6, 6.07) is 13.8. The molecule has 1 atom stereocenters. The molecule has 0 radical (unpaired) electrons. The Kier molecular flexibility index (Phi) is 4.53. The third-order valence-corrected chi connectivity index (χ3v) is 3.11. The molecule has 2 N–H and O–H groups in total. The predicted octanol–water partition coefficient (Wildman–Crippen LogP) is 3.42. The van der Waals surface area contributed by atoms with Crippen LogP contribution >= 0.6 is 0 Å². The summed E-state index contributed by atoms with van der Waals surface area (Å²) in [4.78, 5) is 0. The SMILES string of the molecule is CCNC(Cc1ccc(O)cc1)c1ccccc1F. The Hall–Kier alpha value is -1.87. The van der Waals surface area contributed by atoms with E-state index in [1.807, 2.05) is 31.2 Å². The van der Waals surface area contributed by atoms with Crippen LogP contribution in [0, 0.1) is 5.82 Å². The fourth-order valence-corrected chi connectivity index (χ4v) is 2.16. The second-order valence-electron chi connectivity index (χ2n) is 4.50. The molecular formula is C16H18FNO. The summed E-state index contributed by atoms with van der Waals surface area (Å²) < 4.78 is 13.8. The standard InChI is InChI=1S/C16H18FNO/c1-2-18-16(14-5-3-4-6-15(14)17)11-12-7-9-13(19)10-8-12/h3-10,16,18-19H,2,11H2,1H3. The van der Waals surface area contributed by atoms with E-state index in [-0.39, 0.29) is 17.6 Å². The van der Waals surface area contributed by atoms with E-state index in [4.69, 9.17) is 0 Å². The lowest BCUT2D eigenvalue weighted by molar-refractivity contribution is 0.474. The molecule has 2 aromatic rings. The van der Waals surface area contributed by atoms with Crippen LogP contribution in [0.25, 0.3) is 0 Å². The van der Waals surface area contributed by atoms with Gasteiger partial charge in [-0.25, -0.2) is 4.39 Å². The number of phenolic OH excluding ortho intramolecular Hbond substituents is 1.